The number of imidazole rings is 1. The van der Waals surface area contributed by atoms with Crippen molar-refractivity contribution in [3.05, 3.63) is 53.1 Å². The summed E-state index contributed by atoms with van der Waals surface area (Å²) in [5, 5.41) is 0.815. The highest BCUT2D eigenvalue weighted by atomic mass is 32.2. The first-order valence-electron chi connectivity index (χ1n) is 9.85. The van der Waals surface area contributed by atoms with Gasteiger partial charge < -0.3 is 4.57 Å². The summed E-state index contributed by atoms with van der Waals surface area (Å²) in [5.74, 6) is 1.31. The van der Waals surface area contributed by atoms with E-state index in [1.165, 1.54) is 54.5 Å². The van der Waals surface area contributed by atoms with Crippen molar-refractivity contribution in [1.82, 2.24) is 9.55 Å². The van der Waals surface area contributed by atoms with Gasteiger partial charge in [-0.25, -0.2) is 4.98 Å². The van der Waals surface area contributed by atoms with E-state index in [1.54, 1.807) is 5.56 Å². The van der Waals surface area contributed by atoms with Crippen molar-refractivity contribution in [2.24, 2.45) is 0 Å². The number of nitrogens with zero attached hydrogens (tertiary/aromatic N) is 2. The number of benzene rings is 1. The van der Waals surface area contributed by atoms with Crippen molar-refractivity contribution in [2.45, 2.75) is 75.7 Å². The molecule has 1 saturated heterocycles. The molecule has 1 aromatic heterocycles. The number of aromatic nitrogens is 2. The van der Waals surface area contributed by atoms with Gasteiger partial charge >= 0.3 is 0 Å². The molecule has 0 spiro atoms. The van der Waals surface area contributed by atoms with Crippen LogP contribution in [0.15, 0.2) is 30.9 Å². The van der Waals surface area contributed by atoms with Crippen LogP contribution in [0.1, 0.15) is 54.9 Å². The van der Waals surface area contributed by atoms with E-state index in [1.807, 2.05) is 12.5 Å². The Bertz CT molecular complexity index is 688. The zero-order valence-corrected chi connectivity index (χ0v) is 18.3. The highest BCUT2D eigenvalue weighted by Gasteiger charge is 2.37. The quantitative estimate of drug-likeness (QED) is 0.564. The zero-order chi connectivity index (χ0) is 18.6. The van der Waals surface area contributed by atoms with Crippen LogP contribution >= 0.6 is 23.5 Å². The summed E-state index contributed by atoms with van der Waals surface area (Å²) in [6.07, 6.45) is 12.2. The van der Waals surface area contributed by atoms with Gasteiger partial charge in [-0.05, 0) is 75.3 Å². The lowest BCUT2D eigenvalue weighted by Crippen LogP contribution is -2.32. The Kier molecular flexibility index (Phi) is 6.79. The molecule has 1 aliphatic rings. The third-order valence-corrected chi connectivity index (χ3v) is 9.10. The highest BCUT2D eigenvalue weighted by molar-refractivity contribution is 8.19. The van der Waals surface area contributed by atoms with E-state index in [9.17, 15) is 0 Å². The summed E-state index contributed by atoms with van der Waals surface area (Å²) in [6, 6.07) is 4.72. The maximum absolute atomic E-state index is 4.18. The molecule has 1 fully saturated rings. The predicted molar refractivity (Wildman–Crippen MR) is 117 cm³/mol. The Hall–Kier alpha value is -0.870. The zero-order valence-electron chi connectivity index (χ0n) is 16.6. The third-order valence-electron chi connectivity index (χ3n) is 5.46. The number of rotatable bonds is 7. The summed E-state index contributed by atoms with van der Waals surface area (Å²) in [6.45, 7) is 10.2. The van der Waals surface area contributed by atoms with E-state index in [2.05, 4.69) is 79.1 Å². The van der Waals surface area contributed by atoms with Crippen LogP contribution in [0.2, 0.25) is 0 Å². The van der Waals surface area contributed by atoms with Gasteiger partial charge in [0, 0.05) is 24.2 Å². The summed E-state index contributed by atoms with van der Waals surface area (Å²) >= 11 is 4.49. The van der Waals surface area contributed by atoms with E-state index < -0.39 is 0 Å². The lowest BCUT2D eigenvalue weighted by Gasteiger charge is -2.41. The monoisotopic (exact) mass is 388 g/mol. The first-order chi connectivity index (χ1) is 12.5. The number of thioether (sulfide) groups is 2. The molecule has 4 heteroatoms. The van der Waals surface area contributed by atoms with Crippen molar-refractivity contribution >= 4 is 23.5 Å². The highest BCUT2D eigenvalue weighted by Crippen LogP contribution is 2.52. The number of hydrogen-bond acceptors (Lipinski definition) is 3. The molecule has 2 atom stereocenters. The molecular weight excluding hydrogens is 356 g/mol. The maximum Gasteiger partial charge on any atom is 0.0945 e. The van der Waals surface area contributed by atoms with E-state index in [0.717, 1.165) is 11.8 Å². The Morgan fingerprint density at radius 1 is 1.23 bits per heavy atom. The summed E-state index contributed by atoms with van der Waals surface area (Å²) in [4.78, 5) is 4.18. The van der Waals surface area contributed by atoms with E-state index in [-0.39, 0.29) is 0 Å². The molecule has 1 aliphatic heterocycles. The van der Waals surface area contributed by atoms with Gasteiger partial charge in [0.1, 0.15) is 0 Å². The van der Waals surface area contributed by atoms with Crippen LogP contribution in [0.4, 0.5) is 0 Å². The summed E-state index contributed by atoms with van der Waals surface area (Å²) < 4.78 is 2.54. The molecule has 3 rings (SSSR count). The minimum absolute atomic E-state index is 0.324. The Morgan fingerprint density at radius 3 is 2.65 bits per heavy atom. The Balaban J connectivity index is 1.78. The molecule has 0 radical (unpaired) electrons. The molecule has 142 valence electrons. The minimum atomic E-state index is 0.324. The molecule has 0 N–H and O–H groups in total. The van der Waals surface area contributed by atoms with Gasteiger partial charge in [0.2, 0.25) is 0 Å². The second kappa shape index (κ2) is 8.88. The first kappa shape index (κ1) is 19.9. The fraction of sp³-hybridized carbons (Fsp3) is 0.591. The number of hydrogen-bond donors (Lipinski definition) is 0. The maximum atomic E-state index is 4.18. The first-order valence-corrected chi connectivity index (χ1v) is 11.7. The van der Waals surface area contributed by atoms with E-state index in [0.29, 0.717) is 4.08 Å². The molecule has 2 unspecified atom stereocenters. The molecule has 0 aliphatic carbocycles. The second-order valence-corrected chi connectivity index (χ2v) is 11.1. The lowest BCUT2D eigenvalue weighted by molar-refractivity contribution is 0.570. The number of aryl methyl sites for hydroxylation is 4. The Labute approximate surface area is 167 Å². The average molecular weight is 389 g/mol. The molecule has 0 bridgehead atoms. The summed E-state index contributed by atoms with van der Waals surface area (Å²) in [7, 11) is 0. The fourth-order valence-corrected chi connectivity index (χ4v) is 7.97. The molecule has 2 nitrogen and oxygen atoms in total. The molecular formula is C22H32N2S2. The minimum Gasteiger partial charge on any atom is -0.337 e. The predicted octanol–water partition coefficient (Wildman–Crippen LogP) is 6.18. The normalized spacial score (nSPS) is 23.3. The third kappa shape index (κ3) is 4.89. The van der Waals surface area contributed by atoms with Crippen LogP contribution in [0.3, 0.4) is 0 Å². The molecule has 2 heterocycles. The average Bonchev–Trinajstić information content (AvgIpc) is 3.12. The van der Waals surface area contributed by atoms with Gasteiger partial charge in [0.15, 0.2) is 0 Å². The van der Waals surface area contributed by atoms with Crippen molar-refractivity contribution in [3.63, 3.8) is 0 Å². The van der Waals surface area contributed by atoms with Crippen molar-refractivity contribution in [2.75, 3.05) is 5.75 Å². The van der Waals surface area contributed by atoms with Gasteiger partial charge in [-0.2, -0.15) is 0 Å². The molecule has 2 aromatic rings. The van der Waals surface area contributed by atoms with Gasteiger partial charge in [0.05, 0.1) is 10.4 Å². The SMILES string of the molecule is CCC1CCSC(CCCn2ccnc2)(Cc2c(C)cc(C)cc2C)S1. The lowest BCUT2D eigenvalue weighted by atomic mass is 9.94. The standard InChI is InChI=1S/C22H32N2S2/c1-5-20-7-12-25-22(26-20,8-6-10-24-11-9-23-16-24)15-21-18(3)13-17(2)14-19(21)4/h9,11,13-14,16,20H,5-8,10,12,15H2,1-4H3. The van der Waals surface area contributed by atoms with E-state index >= 15 is 0 Å². The second-order valence-electron chi connectivity index (χ2n) is 7.65. The van der Waals surface area contributed by atoms with Gasteiger partial charge in [-0.3, -0.25) is 0 Å². The molecule has 1 aromatic carbocycles. The van der Waals surface area contributed by atoms with Crippen molar-refractivity contribution in [1.29, 1.82) is 0 Å². The molecule has 26 heavy (non-hydrogen) atoms. The van der Waals surface area contributed by atoms with Crippen molar-refractivity contribution < 1.29 is 0 Å². The smallest absolute Gasteiger partial charge is 0.0945 e. The van der Waals surface area contributed by atoms with Gasteiger partial charge in [-0.1, -0.05) is 24.6 Å². The fourth-order valence-electron chi connectivity index (χ4n) is 4.08. The Morgan fingerprint density at radius 2 is 2.00 bits per heavy atom. The van der Waals surface area contributed by atoms with Gasteiger partial charge in [-0.15, -0.1) is 23.5 Å². The summed E-state index contributed by atoms with van der Waals surface area (Å²) in [5.41, 5.74) is 5.90. The topological polar surface area (TPSA) is 17.8 Å². The van der Waals surface area contributed by atoms with E-state index in [4.69, 9.17) is 0 Å². The largest absolute Gasteiger partial charge is 0.337 e. The van der Waals surface area contributed by atoms with Crippen molar-refractivity contribution in [3.8, 4) is 0 Å². The van der Waals surface area contributed by atoms with Crippen LogP contribution in [0, 0.1) is 20.8 Å². The van der Waals surface area contributed by atoms with Gasteiger partial charge in [0.25, 0.3) is 0 Å². The van der Waals surface area contributed by atoms with Crippen LogP contribution in [-0.4, -0.2) is 24.6 Å². The molecule has 0 amide bonds. The van der Waals surface area contributed by atoms with Crippen LogP contribution in [0.25, 0.3) is 0 Å². The van der Waals surface area contributed by atoms with Crippen LogP contribution in [0.5, 0.6) is 0 Å². The van der Waals surface area contributed by atoms with Crippen LogP contribution in [-0.2, 0) is 13.0 Å². The van der Waals surface area contributed by atoms with Crippen LogP contribution < -0.4 is 0 Å². The molecule has 0 saturated carbocycles.